The summed E-state index contributed by atoms with van der Waals surface area (Å²) in [6.07, 6.45) is 2.78. The highest BCUT2D eigenvalue weighted by atomic mass is 32.1. The number of ether oxygens (including phenoxy) is 1. The van der Waals surface area contributed by atoms with E-state index in [2.05, 4.69) is 53.5 Å². The van der Waals surface area contributed by atoms with E-state index in [4.69, 9.17) is 4.74 Å². The molecule has 0 radical (unpaired) electrons. The monoisotopic (exact) mass is 346 g/mol. The molecule has 0 unspecified atom stereocenters. The second kappa shape index (κ2) is 9.93. The number of benzene rings is 1. The molecule has 1 heterocycles. The van der Waals surface area contributed by atoms with Crippen LogP contribution < -0.4 is 15.4 Å². The Hall–Kier alpha value is -2.08. The second-order valence-electron chi connectivity index (χ2n) is 5.46. The average molecular weight is 347 g/mol. The summed E-state index contributed by atoms with van der Waals surface area (Å²) >= 11 is 1.73. The maximum atomic E-state index is 5.71. The predicted octanol–water partition coefficient (Wildman–Crippen LogP) is 2.94. The van der Waals surface area contributed by atoms with Crippen LogP contribution in [0.4, 0.5) is 0 Å². The van der Waals surface area contributed by atoms with Gasteiger partial charge in [0.1, 0.15) is 12.4 Å². The Balaban J connectivity index is 1.71. The van der Waals surface area contributed by atoms with Crippen molar-refractivity contribution in [3.05, 3.63) is 45.9 Å². The number of nitrogens with zero attached hydrogens (tertiary/aromatic N) is 2. The summed E-state index contributed by atoms with van der Waals surface area (Å²) in [4.78, 5) is 10.2. The van der Waals surface area contributed by atoms with Gasteiger partial charge in [0.15, 0.2) is 5.96 Å². The molecule has 1 aromatic carbocycles. The number of hydrogen-bond donors (Lipinski definition) is 2. The lowest BCUT2D eigenvalue weighted by atomic mass is 10.2. The zero-order chi connectivity index (χ0) is 17.2. The molecule has 1 aromatic heterocycles. The number of rotatable bonds is 8. The number of aryl methyl sites for hydroxylation is 2. The third-order valence-electron chi connectivity index (χ3n) is 3.29. The fourth-order valence-electron chi connectivity index (χ4n) is 2.09. The summed E-state index contributed by atoms with van der Waals surface area (Å²) in [5, 5.41) is 7.67. The van der Waals surface area contributed by atoms with Gasteiger partial charge in [0.05, 0.1) is 11.6 Å². The van der Waals surface area contributed by atoms with Gasteiger partial charge in [0.25, 0.3) is 0 Å². The smallest absolute Gasteiger partial charge is 0.191 e. The fraction of sp³-hybridized carbons (Fsp3) is 0.444. The first-order chi connectivity index (χ1) is 11.7. The summed E-state index contributed by atoms with van der Waals surface area (Å²) in [6, 6.07) is 8.08. The Morgan fingerprint density at radius 2 is 2.00 bits per heavy atom. The molecule has 0 bridgehead atoms. The molecule has 0 aliphatic heterocycles. The van der Waals surface area contributed by atoms with Crippen LogP contribution in [-0.2, 0) is 6.42 Å². The first-order valence-electron chi connectivity index (χ1n) is 8.30. The Labute approximate surface area is 148 Å². The van der Waals surface area contributed by atoms with Gasteiger partial charge in [-0.25, -0.2) is 4.98 Å². The maximum absolute atomic E-state index is 5.71. The Morgan fingerprint density at radius 3 is 2.67 bits per heavy atom. The number of aliphatic imine (C=N–C) groups is 1. The molecule has 0 saturated heterocycles. The van der Waals surface area contributed by atoms with Gasteiger partial charge in [-0.15, -0.1) is 11.3 Å². The number of thiazole rings is 1. The molecular weight excluding hydrogens is 320 g/mol. The van der Waals surface area contributed by atoms with E-state index in [1.165, 1.54) is 10.4 Å². The molecule has 0 spiro atoms. The van der Waals surface area contributed by atoms with E-state index in [9.17, 15) is 0 Å². The van der Waals surface area contributed by atoms with Crippen LogP contribution in [0.15, 0.2) is 35.5 Å². The number of guanidine groups is 1. The minimum absolute atomic E-state index is 0.596. The van der Waals surface area contributed by atoms with E-state index >= 15 is 0 Å². The van der Waals surface area contributed by atoms with Gasteiger partial charge in [-0.2, -0.15) is 0 Å². The highest BCUT2D eigenvalue weighted by molar-refractivity contribution is 7.11. The first-order valence-corrected chi connectivity index (χ1v) is 9.12. The lowest BCUT2D eigenvalue weighted by molar-refractivity contribution is 0.322. The topological polar surface area (TPSA) is 58.5 Å². The molecule has 0 fully saturated rings. The molecule has 0 aliphatic rings. The molecule has 24 heavy (non-hydrogen) atoms. The molecular formula is C18H26N4OS. The molecule has 0 atom stereocenters. The van der Waals surface area contributed by atoms with E-state index in [1.54, 1.807) is 11.3 Å². The first kappa shape index (κ1) is 18.3. The van der Waals surface area contributed by atoms with Gasteiger partial charge >= 0.3 is 0 Å². The van der Waals surface area contributed by atoms with Crippen LogP contribution in [0.25, 0.3) is 0 Å². The summed E-state index contributed by atoms with van der Waals surface area (Å²) in [5.41, 5.74) is 1.23. The molecule has 2 N–H and O–H groups in total. The van der Waals surface area contributed by atoms with E-state index in [-0.39, 0.29) is 0 Å². The molecule has 130 valence electrons. The van der Waals surface area contributed by atoms with Gasteiger partial charge in [0.2, 0.25) is 0 Å². The Morgan fingerprint density at radius 1 is 1.21 bits per heavy atom. The normalized spacial score (nSPS) is 11.4. The molecule has 5 nitrogen and oxygen atoms in total. The minimum atomic E-state index is 0.596. The van der Waals surface area contributed by atoms with Gasteiger partial charge in [-0.05, 0) is 32.9 Å². The highest BCUT2D eigenvalue weighted by Gasteiger charge is 2.00. The summed E-state index contributed by atoms with van der Waals surface area (Å²) < 4.78 is 5.71. The van der Waals surface area contributed by atoms with Crippen molar-refractivity contribution in [3.63, 3.8) is 0 Å². The van der Waals surface area contributed by atoms with Crippen molar-refractivity contribution in [2.24, 2.45) is 4.99 Å². The molecule has 6 heteroatoms. The standard InChI is InChI=1S/C18H26N4OS/c1-4-19-18(20-10-9-17-22-13-15(3)24-17)21-11-12-23-16-7-5-14(2)6-8-16/h5-8,13H,4,9-12H2,1-3H3,(H2,19,20,21). The predicted molar refractivity (Wildman–Crippen MR) is 101 cm³/mol. The van der Waals surface area contributed by atoms with E-state index in [0.717, 1.165) is 36.2 Å². The zero-order valence-corrected chi connectivity index (χ0v) is 15.4. The summed E-state index contributed by atoms with van der Waals surface area (Å²) in [6.45, 7) is 9.06. The van der Waals surface area contributed by atoms with Crippen LogP contribution in [0, 0.1) is 13.8 Å². The Kier molecular flexibility index (Phi) is 7.55. The molecule has 0 aliphatic carbocycles. The van der Waals surface area contributed by atoms with Gasteiger partial charge < -0.3 is 15.4 Å². The van der Waals surface area contributed by atoms with Crippen molar-refractivity contribution in [1.29, 1.82) is 0 Å². The highest BCUT2D eigenvalue weighted by Crippen LogP contribution is 2.11. The average Bonchev–Trinajstić information content (AvgIpc) is 2.98. The van der Waals surface area contributed by atoms with Crippen molar-refractivity contribution in [3.8, 4) is 5.75 Å². The van der Waals surface area contributed by atoms with Gasteiger partial charge in [0, 0.05) is 30.6 Å². The van der Waals surface area contributed by atoms with Crippen molar-refractivity contribution in [2.45, 2.75) is 27.2 Å². The van der Waals surface area contributed by atoms with Crippen molar-refractivity contribution in [2.75, 3.05) is 26.2 Å². The molecule has 0 amide bonds. The van der Waals surface area contributed by atoms with Gasteiger partial charge in [-0.1, -0.05) is 17.7 Å². The van der Waals surface area contributed by atoms with Crippen molar-refractivity contribution >= 4 is 17.3 Å². The quantitative estimate of drug-likeness (QED) is 0.438. The van der Waals surface area contributed by atoms with Crippen LogP contribution in [0.5, 0.6) is 5.75 Å². The van der Waals surface area contributed by atoms with Crippen LogP contribution in [0.1, 0.15) is 22.4 Å². The maximum Gasteiger partial charge on any atom is 0.191 e. The minimum Gasteiger partial charge on any atom is -0.492 e. The summed E-state index contributed by atoms with van der Waals surface area (Å²) in [7, 11) is 0. The van der Waals surface area contributed by atoms with Crippen molar-refractivity contribution < 1.29 is 4.74 Å². The molecule has 2 aromatic rings. The molecule has 0 saturated carbocycles. The second-order valence-corrected chi connectivity index (χ2v) is 6.78. The van der Waals surface area contributed by atoms with E-state index < -0.39 is 0 Å². The third kappa shape index (κ3) is 6.58. The summed E-state index contributed by atoms with van der Waals surface area (Å²) in [5.74, 6) is 1.71. The zero-order valence-electron chi connectivity index (χ0n) is 14.6. The van der Waals surface area contributed by atoms with Crippen LogP contribution >= 0.6 is 11.3 Å². The van der Waals surface area contributed by atoms with Crippen LogP contribution in [-0.4, -0.2) is 37.2 Å². The lowest BCUT2D eigenvalue weighted by Gasteiger charge is -2.12. The SMILES string of the molecule is CCNC(=NCCc1ncc(C)s1)NCCOc1ccc(C)cc1. The number of nitrogens with one attached hydrogen (secondary N) is 2. The largest absolute Gasteiger partial charge is 0.492 e. The van der Waals surface area contributed by atoms with E-state index in [0.29, 0.717) is 13.2 Å². The lowest BCUT2D eigenvalue weighted by Crippen LogP contribution is -2.39. The van der Waals surface area contributed by atoms with E-state index in [1.807, 2.05) is 18.3 Å². The number of hydrogen-bond acceptors (Lipinski definition) is 4. The van der Waals surface area contributed by atoms with Crippen molar-refractivity contribution in [1.82, 2.24) is 15.6 Å². The third-order valence-corrected chi connectivity index (χ3v) is 4.27. The fourth-order valence-corrected chi connectivity index (χ4v) is 2.87. The van der Waals surface area contributed by atoms with Crippen LogP contribution in [0.2, 0.25) is 0 Å². The molecule has 2 rings (SSSR count). The van der Waals surface area contributed by atoms with Gasteiger partial charge in [-0.3, -0.25) is 4.99 Å². The Bertz CT molecular complexity index is 637. The van der Waals surface area contributed by atoms with Crippen LogP contribution in [0.3, 0.4) is 0 Å². The number of aromatic nitrogens is 1.